The van der Waals surface area contributed by atoms with Gasteiger partial charge in [-0.25, -0.2) is 14.8 Å². The van der Waals surface area contributed by atoms with Crippen molar-refractivity contribution in [3.8, 4) is 0 Å². The van der Waals surface area contributed by atoms with Gasteiger partial charge < -0.3 is 19.4 Å². The van der Waals surface area contributed by atoms with Crippen molar-refractivity contribution >= 4 is 33.7 Å². The fourth-order valence-corrected chi connectivity index (χ4v) is 2.20. The van der Waals surface area contributed by atoms with Crippen LogP contribution in [0.4, 0.5) is 10.7 Å². The first-order valence-corrected chi connectivity index (χ1v) is 7.22. The Morgan fingerprint density at radius 1 is 1.38 bits per heavy atom. The summed E-state index contributed by atoms with van der Waals surface area (Å²) < 4.78 is 5.45. The lowest BCUT2D eigenvalue weighted by atomic mass is 10.2. The van der Waals surface area contributed by atoms with Crippen molar-refractivity contribution < 1.29 is 14.4 Å². The van der Waals surface area contributed by atoms with Gasteiger partial charge in [-0.3, -0.25) is 0 Å². The molecule has 8 nitrogen and oxygen atoms in total. The van der Waals surface area contributed by atoms with Crippen molar-refractivity contribution in [2.24, 2.45) is 5.16 Å². The molecule has 0 atom stereocenters. The first-order chi connectivity index (χ1) is 10.2. The lowest BCUT2D eigenvalue weighted by Crippen LogP contribution is -2.55. The molecule has 2 aliphatic heterocycles. The molecule has 0 saturated carbocycles. The first kappa shape index (κ1) is 14.1. The molecule has 9 heteroatoms. The highest BCUT2D eigenvalue weighted by atomic mass is 79.9. The van der Waals surface area contributed by atoms with Gasteiger partial charge in [0, 0.05) is 12.4 Å². The second kappa shape index (κ2) is 5.84. The van der Waals surface area contributed by atoms with E-state index in [1.807, 2.05) is 4.90 Å². The molecule has 112 valence electrons. The monoisotopic (exact) mass is 355 g/mol. The minimum atomic E-state index is -0.329. The normalized spacial score (nSPS) is 17.9. The van der Waals surface area contributed by atoms with Crippen LogP contribution < -0.4 is 4.90 Å². The summed E-state index contributed by atoms with van der Waals surface area (Å²) in [5.41, 5.74) is 0.943. The third-order valence-electron chi connectivity index (χ3n) is 3.25. The number of methoxy groups -OCH3 is 1. The quantitative estimate of drug-likeness (QED) is 0.749. The third-order valence-corrected chi connectivity index (χ3v) is 3.66. The molecular formula is C12H14BrN5O3. The number of halogens is 1. The second-order valence-corrected chi connectivity index (χ2v) is 5.73. The molecule has 2 saturated heterocycles. The van der Waals surface area contributed by atoms with E-state index in [2.05, 4.69) is 35.8 Å². The zero-order valence-electron chi connectivity index (χ0n) is 11.4. The summed E-state index contributed by atoms with van der Waals surface area (Å²) in [6.45, 7) is 2.36. The Morgan fingerprint density at radius 2 is 2.05 bits per heavy atom. The van der Waals surface area contributed by atoms with Gasteiger partial charge in [-0.1, -0.05) is 5.16 Å². The van der Waals surface area contributed by atoms with Crippen molar-refractivity contribution in [1.82, 2.24) is 14.9 Å². The lowest BCUT2D eigenvalue weighted by Gasteiger charge is -2.37. The third kappa shape index (κ3) is 3.07. The van der Waals surface area contributed by atoms with Gasteiger partial charge in [0.25, 0.3) is 0 Å². The van der Waals surface area contributed by atoms with Crippen LogP contribution in [0.2, 0.25) is 0 Å². The Balaban J connectivity index is 1.41. The molecule has 1 aromatic heterocycles. The van der Waals surface area contributed by atoms with E-state index in [1.165, 1.54) is 7.11 Å². The van der Waals surface area contributed by atoms with Crippen molar-refractivity contribution in [3.63, 3.8) is 0 Å². The molecule has 0 bridgehead atoms. The average Bonchev–Trinajstić information content (AvgIpc) is 2.40. The van der Waals surface area contributed by atoms with Gasteiger partial charge in [-0.15, -0.1) is 0 Å². The van der Waals surface area contributed by atoms with Crippen LogP contribution in [0.1, 0.15) is 0 Å². The van der Waals surface area contributed by atoms with Gasteiger partial charge in [0.2, 0.25) is 5.95 Å². The summed E-state index contributed by atoms with van der Waals surface area (Å²) in [6.07, 6.45) is 3.05. The number of ether oxygens (including phenoxy) is 1. The van der Waals surface area contributed by atoms with Crippen molar-refractivity contribution in [1.29, 1.82) is 0 Å². The van der Waals surface area contributed by atoms with E-state index in [-0.39, 0.29) is 12.2 Å². The highest BCUT2D eigenvalue weighted by Gasteiger charge is 2.34. The van der Waals surface area contributed by atoms with Gasteiger partial charge in [0.1, 0.15) is 0 Å². The van der Waals surface area contributed by atoms with Gasteiger partial charge in [-0.05, 0) is 15.9 Å². The van der Waals surface area contributed by atoms with Crippen molar-refractivity contribution in [2.45, 2.75) is 6.10 Å². The molecule has 0 spiro atoms. The summed E-state index contributed by atoms with van der Waals surface area (Å²) in [7, 11) is 1.36. The largest absolute Gasteiger partial charge is 0.453 e. The number of aromatic nitrogens is 2. The zero-order chi connectivity index (χ0) is 14.8. The molecule has 21 heavy (non-hydrogen) atoms. The Labute approximate surface area is 129 Å². The predicted molar refractivity (Wildman–Crippen MR) is 78.2 cm³/mol. The Morgan fingerprint density at radius 3 is 2.67 bits per heavy atom. The molecule has 3 heterocycles. The summed E-state index contributed by atoms with van der Waals surface area (Å²) in [6, 6.07) is 0. The summed E-state index contributed by atoms with van der Waals surface area (Å²) in [4.78, 5) is 28.5. The van der Waals surface area contributed by atoms with Crippen LogP contribution in [0, 0.1) is 0 Å². The molecule has 2 fully saturated rings. The number of likely N-dealkylation sites (tertiary alicyclic amines) is 1. The van der Waals surface area contributed by atoms with Crippen molar-refractivity contribution in [2.75, 3.05) is 38.2 Å². The number of rotatable bonds is 3. The summed E-state index contributed by atoms with van der Waals surface area (Å²) >= 11 is 3.30. The van der Waals surface area contributed by atoms with Crippen LogP contribution in [-0.4, -0.2) is 66.1 Å². The van der Waals surface area contributed by atoms with E-state index < -0.39 is 0 Å². The second-order valence-electron chi connectivity index (χ2n) is 4.82. The number of oxime groups is 1. The number of nitrogens with zero attached hydrogens (tertiary/aromatic N) is 5. The molecule has 0 aliphatic carbocycles. The smallest absolute Gasteiger partial charge is 0.409 e. The number of hydrogen-bond acceptors (Lipinski definition) is 7. The molecule has 0 unspecified atom stereocenters. The Kier molecular flexibility index (Phi) is 3.91. The molecule has 0 radical (unpaired) electrons. The fourth-order valence-electron chi connectivity index (χ4n) is 1.99. The van der Waals surface area contributed by atoms with Crippen LogP contribution in [0.15, 0.2) is 22.0 Å². The predicted octanol–water partition coefficient (Wildman–Crippen LogP) is 0.882. The summed E-state index contributed by atoms with van der Waals surface area (Å²) in [5, 5.41) is 4.10. The Hall–Kier alpha value is -1.90. The van der Waals surface area contributed by atoms with E-state index in [1.54, 1.807) is 17.3 Å². The Bertz CT molecular complexity index is 551. The molecule has 0 aromatic carbocycles. The van der Waals surface area contributed by atoms with Crippen LogP contribution >= 0.6 is 15.9 Å². The summed E-state index contributed by atoms with van der Waals surface area (Å²) in [5.74, 6) is 0.678. The lowest BCUT2D eigenvalue weighted by molar-refractivity contribution is -0.0456. The highest BCUT2D eigenvalue weighted by molar-refractivity contribution is 9.10. The van der Waals surface area contributed by atoms with Crippen LogP contribution in [-0.2, 0) is 9.57 Å². The maximum absolute atomic E-state index is 11.2. The zero-order valence-corrected chi connectivity index (χ0v) is 13.0. The van der Waals surface area contributed by atoms with Gasteiger partial charge in [0.05, 0.1) is 43.5 Å². The van der Waals surface area contributed by atoms with Crippen molar-refractivity contribution in [3.05, 3.63) is 16.9 Å². The van der Waals surface area contributed by atoms with E-state index >= 15 is 0 Å². The van der Waals surface area contributed by atoms with Gasteiger partial charge in [-0.2, -0.15) is 0 Å². The fraction of sp³-hybridized carbons (Fsp3) is 0.500. The molecule has 1 aromatic rings. The van der Waals surface area contributed by atoms with Crippen LogP contribution in [0.3, 0.4) is 0 Å². The molecule has 0 N–H and O–H groups in total. The molecular weight excluding hydrogens is 342 g/mol. The van der Waals surface area contributed by atoms with Gasteiger partial charge >= 0.3 is 6.09 Å². The number of amides is 1. The minimum Gasteiger partial charge on any atom is -0.453 e. The highest BCUT2D eigenvalue weighted by Crippen LogP contribution is 2.17. The van der Waals surface area contributed by atoms with E-state index in [0.717, 1.165) is 10.2 Å². The van der Waals surface area contributed by atoms with E-state index in [4.69, 9.17) is 4.84 Å². The SMILES string of the molecule is COC(=O)N1CC(ON=C2CN(c3ncc(Br)cn3)C2)C1. The van der Waals surface area contributed by atoms with E-state index in [9.17, 15) is 4.79 Å². The maximum atomic E-state index is 11.2. The van der Waals surface area contributed by atoms with E-state index in [0.29, 0.717) is 32.1 Å². The number of anilines is 1. The number of carbonyl (C=O) groups is 1. The average molecular weight is 356 g/mol. The molecule has 1 amide bonds. The number of hydrogen-bond donors (Lipinski definition) is 0. The number of carbonyl (C=O) groups excluding carboxylic acids is 1. The topological polar surface area (TPSA) is 80.1 Å². The van der Waals surface area contributed by atoms with Crippen LogP contribution in [0.25, 0.3) is 0 Å². The molecule has 2 aliphatic rings. The van der Waals surface area contributed by atoms with Gasteiger partial charge in [0.15, 0.2) is 6.10 Å². The standard InChI is InChI=1S/C12H14BrN5O3/c1-20-12(19)18-6-10(7-18)21-16-9-4-17(5-9)11-14-2-8(13)3-15-11/h2-3,10H,4-7H2,1H3. The first-order valence-electron chi connectivity index (χ1n) is 6.42. The maximum Gasteiger partial charge on any atom is 0.409 e. The van der Waals surface area contributed by atoms with Crippen LogP contribution in [0.5, 0.6) is 0 Å². The minimum absolute atomic E-state index is 0.0467. The molecule has 3 rings (SSSR count).